The van der Waals surface area contributed by atoms with Crippen molar-refractivity contribution in [3.63, 3.8) is 0 Å². The predicted molar refractivity (Wildman–Crippen MR) is 84.5 cm³/mol. The van der Waals surface area contributed by atoms with Gasteiger partial charge in [-0.15, -0.1) is 0 Å². The van der Waals surface area contributed by atoms with Gasteiger partial charge in [-0.3, -0.25) is 0 Å². The molecule has 0 saturated heterocycles. The molecule has 0 unspecified atom stereocenters. The Balaban J connectivity index is 2.24. The number of hydrogen-bond acceptors (Lipinski definition) is 1. The largest absolute Gasteiger partial charge is 0.491 e. The van der Waals surface area contributed by atoms with Crippen molar-refractivity contribution in [2.75, 3.05) is 6.61 Å². The smallest absolute Gasteiger partial charge is 0.165 e. The molecule has 0 radical (unpaired) electrons. The molecule has 2 aromatic rings. The molecular formula is C15H13ClFIO. The minimum absolute atomic E-state index is 0.292. The van der Waals surface area contributed by atoms with Gasteiger partial charge in [0, 0.05) is 8.59 Å². The standard InChI is InChI=1S/C15H13ClFIO/c1-2-19-15-6-3-10(8-14(15)17)7-11-9-12(18)4-5-13(11)16/h3-6,8-9H,2,7H2,1H3. The number of benzene rings is 2. The first-order valence-electron chi connectivity index (χ1n) is 5.95. The van der Waals surface area contributed by atoms with Crippen molar-refractivity contribution in [1.82, 2.24) is 0 Å². The second-order valence-corrected chi connectivity index (χ2v) is 5.76. The number of ether oxygens (including phenoxy) is 1. The maximum Gasteiger partial charge on any atom is 0.165 e. The fraction of sp³-hybridized carbons (Fsp3) is 0.200. The third kappa shape index (κ3) is 3.83. The van der Waals surface area contributed by atoms with E-state index in [0.29, 0.717) is 23.8 Å². The Bertz CT molecular complexity index is 586. The van der Waals surface area contributed by atoms with Crippen LogP contribution in [0.4, 0.5) is 4.39 Å². The van der Waals surface area contributed by atoms with Crippen molar-refractivity contribution in [2.24, 2.45) is 0 Å². The average molecular weight is 391 g/mol. The Hall–Kier alpha value is -0.810. The molecular weight excluding hydrogens is 378 g/mol. The normalized spacial score (nSPS) is 10.5. The summed E-state index contributed by atoms with van der Waals surface area (Å²) in [6.07, 6.45) is 0.610. The first kappa shape index (κ1) is 14.6. The molecule has 0 amide bonds. The molecule has 2 aromatic carbocycles. The Labute approximate surface area is 130 Å². The number of hydrogen-bond donors (Lipinski definition) is 0. The fourth-order valence-corrected chi connectivity index (χ4v) is 2.57. The van der Waals surface area contributed by atoms with Crippen LogP contribution in [0.2, 0.25) is 5.02 Å². The molecule has 1 nitrogen and oxygen atoms in total. The first-order valence-corrected chi connectivity index (χ1v) is 7.41. The van der Waals surface area contributed by atoms with Crippen LogP contribution in [-0.2, 0) is 6.42 Å². The van der Waals surface area contributed by atoms with Crippen LogP contribution < -0.4 is 4.74 Å². The zero-order valence-electron chi connectivity index (χ0n) is 10.4. The zero-order valence-corrected chi connectivity index (χ0v) is 13.3. The highest BCUT2D eigenvalue weighted by atomic mass is 127. The summed E-state index contributed by atoms with van der Waals surface area (Å²) in [7, 11) is 0. The lowest BCUT2D eigenvalue weighted by Gasteiger charge is -2.08. The number of halogens is 3. The third-order valence-electron chi connectivity index (χ3n) is 2.70. The molecule has 0 aliphatic heterocycles. The second kappa shape index (κ2) is 6.57. The molecule has 0 heterocycles. The van der Waals surface area contributed by atoms with E-state index in [1.807, 2.05) is 31.2 Å². The van der Waals surface area contributed by atoms with E-state index in [-0.39, 0.29) is 5.82 Å². The summed E-state index contributed by atoms with van der Waals surface area (Å²) in [5.41, 5.74) is 1.88. The molecule has 0 saturated carbocycles. The van der Waals surface area contributed by atoms with Gasteiger partial charge >= 0.3 is 0 Å². The van der Waals surface area contributed by atoms with Gasteiger partial charge in [0.15, 0.2) is 11.6 Å². The summed E-state index contributed by atoms with van der Waals surface area (Å²) < 4.78 is 20.1. The average Bonchev–Trinajstić information content (AvgIpc) is 2.37. The predicted octanol–water partition coefficient (Wildman–Crippen LogP) is 5.07. The molecule has 0 fully saturated rings. The fourth-order valence-electron chi connectivity index (χ4n) is 1.83. The highest BCUT2D eigenvalue weighted by molar-refractivity contribution is 14.1. The molecule has 100 valence electrons. The van der Waals surface area contributed by atoms with Gasteiger partial charge in [0.2, 0.25) is 0 Å². The summed E-state index contributed by atoms with van der Waals surface area (Å²) in [5.74, 6) is -0.0407. The third-order valence-corrected chi connectivity index (χ3v) is 3.74. The van der Waals surface area contributed by atoms with E-state index in [0.717, 1.165) is 14.7 Å². The van der Waals surface area contributed by atoms with Gasteiger partial charge in [-0.25, -0.2) is 4.39 Å². The highest BCUT2D eigenvalue weighted by Gasteiger charge is 2.07. The lowest BCUT2D eigenvalue weighted by molar-refractivity contribution is 0.321. The molecule has 2 rings (SSSR count). The van der Waals surface area contributed by atoms with Gasteiger partial charge in [0.05, 0.1) is 6.61 Å². The van der Waals surface area contributed by atoms with Crippen molar-refractivity contribution >= 4 is 34.2 Å². The molecule has 0 aromatic heterocycles. The molecule has 0 atom stereocenters. The maximum absolute atomic E-state index is 13.8. The van der Waals surface area contributed by atoms with Crippen LogP contribution in [0, 0.1) is 9.39 Å². The lowest BCUT2D eigenvalue weighted by atomic mass is 10.0. The molecule has 0 bridgehead atoms. The Morgan fingerprint density at radius 2 is 2.00 bits per heavy atom. The molecule has 4 heteroatoms. The van der Waals surface area contributed by atoms with Crippen LogP contribution in [-0.4, -0.2) is 6.61 Å². The Morgan fingerprint density at radius 3 is 2.68 bits per heavy atom. The first-order chi connectivity index (χ1) is 9.10. The molecule has 0 aliphatic carbocycles. The van der Waals surface area contributed by atoms with Crippen LogP contribution in [0.1, 0.15) is 18.1 Å². The van der Waals surface area contributed by atoms with E-state index >= 15 is 0 Å². The van der Waals surface area contributed by atoms with E-state index < -0.39 is 0 Å². The quantitative estimate of drug-likeness (QED) is 0.662. The minimum Gasteiger partial charge on any atom is -0.491 e. The van der Waals surface area contributed by atoms with E-state index in [1.165, 1.54) is 6.07 Å². The van der Waals surface area contributed by atoms with Crippen molar-refractivity contribution in [3.05, 3.63) is 61.9 Å². The SMILES string of the molecule is CCOc1ccc(Cc2cc(I)ccc2Cl)cc1F. The van der Waals surface area contributed by atoms with E-state index in [1.54, 1.807) is 6.07 Å². The summed E-state index contributed by atoms with van der Waals surface area (Å²) in [5, 5.41) is 0.703. The van der Waals surface area contributed by atoms with Gasteiger partial charge in [-0.2, -0.15) is 0 Å². The summed E-state index contributed by atoms with van der Waals surface area (Å²) in [4.78, 5) is 0. The highest BCUT2D eigenvalue weighted by Crippen LogP contribution is 2.24. The topological polar surface area (TPSA) is 9.23 Å². The maximum atomic E-state index is 13.8. The lowest BCUT2D eigenvalue weighted by Crippen LogP contribution is -1.97. The van der Waals surface area contributed by atoms with Gasteiger partial charge in [-0.05, 0) is 77.4 Å². The Morgan fingerprint density at radius 1 is 1.21 bits per heavy atom. The molecule has 0 aliphatic rings. The van der Waals surface area contributed by atoms with Crippen LogP contribution >= 0.6 is 34.2 Å². The van der Waals surface area contributed by atoms with Crippen molar-refractivity contribution < 1.29 is 9.13 Å². The van der Waals surface area contributed by atoms with E-state index in [2.05, 4.69) is 22.6 Å². The summed E-state index contributed by atoms with van der Waals surface area (Å²) in [6, 6.07) is 10.9. The number of rotatable bonds is 4. The van der Waals surface area contributed by atoms with Crippen LogP contribution in [0.15, 0.2) is 36.4 Å². The van der Waals surface area contributed by atoms with Crippen LogP contribution in [0.3, 0.4) is 0 Å². The van der Waals surface area contributed by atoms with Crippen LogP contribution in [0.25, 0.3) is 0 Å². The molecule has 0 spiro atoms. The van der Waals surface area contributed by atoms with Crippen LogP contribution in [0.5, 0.6) is 5.75 Å². The molecule has 19 heavy (non-hydrogen) atoms. The second-order valence-electron chi connectivity index (χ2n) is 4.11. The van der Waals surface area contributed by atoms with Gasteiger partial charge in [0.1, 0.15) is 0 Å². The monoisotopic (exact) mass is 390 g/mol. The Kier molecular flexibility index (Phi) is 5.05. The van der Waals surface area contributed by atoms with Gasteiger partial charge in [-0.1, -0.05) is 17.7 Å². The van der Waals surface area contributed by atoms with Crippen molar-refractivity contribution in [1.29, 1.82) is 0 Å². The van der Waals surface area contributed by atoms with E-state index in [9.17, 15) is 4.39 Å². The molecule has 0 N–H and O–H groups in total. The summed E-state index contributed by atoms with van der Waals surface area (Å²) in [6.45, 7) is 2.29. The summed E-state index contributed by atoms with van der Waals surface area (Å²) >= 11 is 8.38. The van der Waals surface area contributed by atoms with Crippen molar-refractivity contribution in [3.8, 4) is 5.75 Å². The van der Waals surface area contributed by atoms with E-state index in [4.69, 9.17) is 16.3 Å². The zero-order chi connectivity index (χ0) is 13.8. The van der Waals surface area contributed by atoms with Crippen molar-refractivity contribution in [2.45, 2.75) is 13.3 Å². The van der Waals surface area contributed by atoms with Gasteiger partial charge < -0.3 is 4.74 Å². The minimum atomic E-state index is -0.332. The van der Waals surface area contributed by atoms with Gasteiger partial charge in [0.25, 0.3) is 0 Å².